The van der Waals surface area contributed by atoms with Crippen molar-refractivity contribution in [3.63, 3.8) is 0 Å². The summed E-state index contributed by atoms with van der Waals surface area (Å²) in [6.07, 6.45) is 1.08. The standard InChI is InChI=1S/C18H20ClNO/c1-12(2)13-4-3-5-16(9-13)20-11-17-10-14-8-15(19)6-7-18(14)21-17/h3-9,12,17,20H,10-11H2,1-2H3. The average Bonchev–Trinajstić information content (AvgIpc) is 2.87. The molecular formula is C18H20ClNO. The molecule has 1 N–H and O–H groups in total. The van der Waals surface area contributed by atoms with Crippen LogP contribution in [0.4, 0.5) is 5.69 Å². The maximum Gasteiger partial charge on any atom is 0.123 e. The first-order chi connectivity index (χ1) is 10.1. The first kappa shape index (κ1) is 14.3. The average molecular weight is 302 g/mol. The van der Waals surface area contributed by atoms with Gasteiger partial charge in [-0.1, -0.05) is 37.6 Å². The van der Waals surface area contributed by atoms with E-state index in [1.165, 1.54) is 11.1 Å². The molecular weight excluding hydrogens is 282 g/mol. The summed E-state index contributed by atoms with van der Waals surface area (Å²) >= 11 is 6.02. The summed E-state index contributed by atoms with van der Waals surface area (Å²) in [5.74, 6) is 1.50. The van der Waals surface area contributed by atoms with Crippen LogP contribution in [0.25, 0.3) is 0 Å². The van der Waals surface area contributed by atoms with E-state index in [0.29, 0.717) is 5.92 Å². The number of anilines is 1. The Kier molecular flexibility index (Phi) is 4.07. The van der Waals surface area contributed by atoms with Gasteiger partial charge in [0.1, 0.15) is 11.9 Å². The summed E-state index contributed by atoms with van der Waals surface area (Å²) in [5, 5.41) is 4.25. The van der Waals surface area contributed by atoms with E-state index in [9.17, 15) is 0 Å². The minimum atomic E-state index is 0.168. The predicted molar refractivity (Wildman–Crippen MR) is 88.6 cm³/mol. The van der Waals surface area contributed by atoms with Crippen molar-refractivity contribution in [2.24, 2.45) is 0 Å². The molecule has 1 heterocycles. The molecule has 1 unspecified atom stereocenters. The molecule has 1 aliphatic heterocycles. The third-order valence-corrected chi connectivity index (χ3v) is 4.09. The van der Waals surface area contributed by atoms with E-state index in [0.717, 1.165) is 29.4 Å². The van der Waals surface area contributed by atoms with E-state index in [2.05, 4.69) is 43.4 Å². The highest BCUT2D eigenvalue weighted by atomic mass is 35.5. The van der Waals surface area contributed by atoms with Crippen LogP contribution < -0.4 is 10.1 Å². The van der Waals surface area contributed by atoms with Crippen LogP contribution in [0.2, 0.25) is 5.02 Å². The monoisotopic (exact) mass is 301 g/mol. The maximum absolute atomic E-state index is 6.02. The molecule has 0 bridgehead atoms. The zero-order chi connectivity index (χ0) is 14.8. The fraction of sp³-hybridized carbons (Fsp3) is 0.333. The van der Waals surface area contributed by atoms with Crippen molar-refractivity contribution in [1.29, 1.82) is 0 Å². The Morgan fingerprint density at radius 3 is 2.90 bits per heavy atom. The Hall–Kier alpha value is -1.67. The lowest BCUT2D eigenvalue weighted by Gasteiger charge is -2.14. The van der Waals surface area contributed by atoms with E-state index in [-0.39, 0.29) is 6.10 Å². The van der Waals surface area contributed by atoms with Crippen molar-refractivity contribution < 1.29 is 4.74 Å². The molecule has 0 spiro atoms. The number of halogens is 1. The molecule has 0 amide bonds. The summed E-state index contributed by atoms with van der Waals surface area (Å²) in [4.78, 5) is 0. The minimum Gasteiger partial charge on any atom is -0.488 e. The summed E-state index contributed by atoms with van der Waals surface area (Å²) < 4.78 is 5.94. The SMILES string of the molecule is CC(C)c1cccc(NCC2Cc3cc(Cl)ccc3O2)c1. The molecule has 1 atom stereocenters. The van der Waals surface area contributed by atoms with Crippen molar-refractivity contribution >= 4 is 17.3 Å². The molecule has 21 heavy (non-hydrogen) atoms. The molecule has 0 aliphatic carbocycles. The van der Waals surface area contributed by atoms with Crippen LogP contribution in [0.15, 0.2) is 42.5 Å². The van der Waals surface area contributed by atoms with Gasteiger partial charge in [0.15, 0.2) is 0 Å². The number of hydrogen-bond donors (Lipinski definition) is 1. The molecule has 0 radical (unpaired) electrons. The van der Waals surface area contributed by atoms with E-state index in [1.807, 2.05) is 18.2 Å². The Morgan fingerprint density at radius 1 is 1.24 bits per heavy atom. The molecule has 110 valence electrons. The highest BCUT2D eigenvalue weighted by Crippen LogP contribution is 2.31. The molecule has 3 heteroatoms. The van der Waals surface area contributed by atoms with Gasteiger partial charge in [-0.15, -0.1) is 0 Å². The number of rotatable bonds is 4. The van der Waals surface area contributed by atoms with E-state index < -0.39 is 0 Å². The summed E-state index contributed by atoms with van der Waals surface area (Å²) in [6, 6.07) is 14.4. The molecule has 0 saturated heterocycles. The number of nitrogens with one attached hydrogen (secondary N) is 1. The van der Waals surface area contributed by atoms with Crippen LogP contribution in [0.3, 0.4) is 0 Å². The molecule has 2 nitrogen and oxygen atoms in total. The number of benzene rings is 2. The highest BCUT2D eigenvalue weighted by molar-refractivity contribution is 6.30. The topological polar surface area (TPSA) is 21.3 Å². The summed E-state index contributed by atoms with van der Waals surface area (Å²) in [5.41, 5.74) is 3.70. The van der Waals surface area contributed by atoms with Crippen molar-refractivity contribution in [2.45, 2.75) is 32.3 Å². The first-order valence-electron chi connectivity index (χ1n) is 7.41. The lowest BCUT2D eigenvalue weighted by molar-refractivity contribution is 0.246. The maximum atomic E-state index is 6.02. The predicted octanol–water partition coefficient (Wildman–Crippen LogP) is 4.88. The number of fused-ring (bicyclic) bond motifs is 1. The molecule has 2 aromatic rings. The van der Waals surface area contributed by atoms with Gasteiger partial charge in [-0.05, 0) is 47.4 Å². The quantitative estimate of drug-likeness (QED) is 0.869. The third-order valence-electron chi connectivity index (χ3n) is 3.85. The van der Waals surface area contributed by atoms with Crippen LogP contribution in [0.1, 0.15) is 30.9 Å². The Bertz CT molecular complexity index is 639. The van der Waals surface area contributed by atoms with Crippen molar-refractivity contribution in [3.05, 3.63) is 58.6 Å². The third kappa shape index (κ3) is 3.33. The van der Waals surface area contributed by atoms with Crippen LogP contribution in [0.5, 0.6) is 5.75 Å². The second kappa shape index (κ2) is 5.98. The van der Waals surface area contributed by atoms with Crippen molar-refractivity contribution in [3.8, 4) is 5.75 Å². The van der Waals surface area contributed by atoms with Crippen LogP contribution in [-0.2, 0) is 6.42 Å². The van der Waals surface area contributed by atoms with E-state index in [4.69, 9.17) is 16.3 Å². The molecule has 0 fully saturated rings. The number of hydrogen-bond acceptors (Lipinski definition) is 2. The van der Waals surface area contributed by atoms with Gasteiger partial charge >= 0.3 is 0 Å². The van der Waals surface area contributed by atoms with E-state index >= 15 is 0 Å². The normalized spacial score (nSPS) is 16.7. The van der Waals surface area contributed by atoms with Gasteiger partial charge in [-0.2, -0.15) is 0 Å². The molecule has 0 aromatic heterocycles. The zero-order valence-corrected chi connectivity index (χ0v) is 13.2. The second-order valence-corrected chi connectivity index (χ2v) is 6.29. The van der Waals surface area contributed by atoms with Gasteiger partial charge in [0.25, 0.3) is 0 Å². The fourth-order valence-electron chi connectivity index (χ4n) is 2.64. The van der Waals surface area contributed by atoms with Gasteiger partial charge in [0, 0.05) is 17.1 Å². The lowest BCUT2D eigenvalue weighted by atomic mass is 10.0. The molecule has 3 rings (SSSR count). The Balaban J connectivity index is 1.61. The van der Waals surface area contributed by atoms with Gasteiger partial charge in [0.05, 0.1) is 6.54 Å². The highest BCUT2D eigenvalue weighted by Gasteiger charge is 2.22. The summed E-state index contributed by atoms with van der Waals surface area (Å²) in [7, 11) is 0. The van der Waals surface area contributed by atoms with Crippen molar-refractivity contribution in [2.75, 3.05) is 11.9 Å². The smallest absolute Gasteiger partial charge is 0.123 e. The van der Waals surface area contributed by atoms with Gasteiger partial charge < -0.3 is 10.1 Å². The first-order valence-corrected chi connectivity index (χ1v) is 7.78. The van der Waals surface area contributed by atoms with Gasteiger partial charge in [-0.3, -0.25) is 0 Å². The van der Waals surface area contributed by atoms with Gasteiger partial charge in [0.2, 0.25) is 0 Å². The number of ether oxygens (including phenoxy) is 1. The Morgan fingerprint density at radius 2 is 2.10 bits per heavy atom. The fourth-order valence-corrected chi connectivity index (χ4v) is 2.84. The van der Waals surface area contributed by atoms with Crippen LogP contribution in [-0.4, -0.2) is 12.6 Å². The molecule has 2 aromatic carbocycles. The van der Waals surface area contributed by atoms with Crippen LogP contribution >= 0.6 is 11.6 Å². The lowest BCUT2D eigenvalue weighted by Crippen LogP contribution is -2.23. The molecule has 0 saturated carbocycles. The minimum absolute atomic E-state index is 0.168. The van der Waals surface area contributed by atoms with Gasteiger partial charge in [-0.25, -0.2) is 0 Å². The zero-order valence-electron chi connectivity index (χ0n) is 12.4. The Labute approximate surface area is 131 Å². The van der Waals surface area contributed by atoms with E-state index in [1.54, 1.807) is 0 Å². The summed E-state index contributed by atoms with van der Waals surface area (Å²) in [6.45, 7) is 5.22. The van der Waals surface area contributed by atoms with Crippen molar-refractivity contribution in [1.82, 2.24) is 0 Å². The van der Waals surface area contributed by atoms with Crippen LogP contribution in [0, 0.1) is 0 Å². The second-order valence-electron chi connectivity index (χ2n) is 5.86. The largest absolute Gasteiger partial charge is 0.488 e. The molecule has 1 aliphatic rings.